The summed E-state index contributed by atoms with van der Waals surface area (Å²) in [5.41, 5.74) is 0.412. The Morgan fingerprint density at radius 2 is 1.81 bits per heavy atom. The van der Waals surface area contributed by atoms with E-state index in [4.69, 9.17) is 32.7 Å². The highest BCUT2D eigenvalue weighted by Gasteiger charge is 2.34. The Kier molecular flexibility index (Phi) is 8.41. The minimum atomic E-state index is -3.84. The normalized spacial score (nSPS) is 16.4. The number of rotatable bonds is 8. The first-order chi connectivity index (χ1) is 17.3. The van der Waals surface area contributed by atoms with E-state index in [1.54, 1.807) is 36.4 Å². The predicted molar refractivity (Wildman–Crippen MR) is 141 cm³/mol. The van der Waals surface area contributed by atoms with Crippen molar-refractivity contribution in [2.24, 2.45) is 5.92 Å². The van der Waals surface area contributed by atoms with Crippen molar-refractivity contribution in [2.75, 3.05) is 25.0 Å². The number of nitrogens with one attached hydrogen (secondary N) is 1. The van der Waals surface area contributed by atoms with E-state index in [9.17, 15) is 13.2 Å². The SMILES string of the molecule is CCOc1ccc(S(=O)(=O)N2CCC[C@H](C(=O)Nc3cc(Cl)ccc3Oc3ccccc3)C2)cc1Cl. The molecule has 1 heterocycles. The molecule has 0 aromatic heterocycles. The van der Waals surface area contributed by atoms with Crippen molar-refractivity contribution in [3.05, 3.63) is 76.8 Å². The van der Waals surface area contributed by atoms with Gasteiger partial charge in [0.1, 0.15) is 11.5 Å². The second-order valence-corrected chi connectivity index (χ2v) is 11.1. The van der Waals surface area contributed by atoms with E-state index in [1.165, 1.54) is 16.4 Å². The molecule has 1 atom stereocenters. The van der Waals surface area contributed by atoms with Gasteiger partial charge < -0.3 is 14.8 Å². The topological polar surface area (TPSA) is 84.9 Å². The first-order valence-electron chi connectivity index (χ1n) is 11.5. The number of piperidine rings is 1. The summed E-state index contributed by atoms with van der Waals surface area (Å²) in [5, 5.41) is 3.53. The molecule has 1 fully saturated rings. The zero-order valence-corrected chi connectivity index (χ0v) is 21.9. The van der Waals surface area contributed by atoms with Crippen molar-refractivity contribution < 1.29 is 22.7 Å². The lowest BCUT2D eigenvalue weighted by Gasteiger charge is -2.31. The largest absolute Gasteiger partial charge is 0.492 e. The van der Waals surface area contributed by atoms with Crippen molar-refractivity contribution in [3.8, 4) is 17.2 Å². The minimum absolute atomic E-state index is 0.0500. The number of benzene rings is 3. The van der Waals surface area contributed by atoms with Crippen LogP contribution in [0.15, 0.2) is 71.6 Å². The third kappa shape index (κ3) is 6.13. The van der Waals surface area contributed by atoms with Gasteiger partial charge in [-0.3, -0.25) is 4.79 Å². The summed E-state index contributed by atoms with van der Waals surface area (Å²) < 4.78 is 39.2. The van der Waals surface area contributed by atoms with E-state index in [2.05, 4.69) is 5.32 Å². The molecule has 0 aliphatic carbocycles. The fraction of sp³-hybridized carbons (Fsp3) is 0.269. The van der Waals surface area contributed by atoms with Gasteiger partial charge in [-0.25, -0.2) is 8.42 Å². The molecular weight excluding hydrogens is 523 g/mol. The van der Waals surface area contributed by atoms with Crippen LogP contribution in [0, 0.1) is 5.92 Å². The first kappa shape index (κ1) is 26.3. The maximum atomic E-state index is 13.3. The summed E-state index contributed by atoms with van der Waals surface area (Å²) in [4.78, 5) is 13.3. The number of sulfonamides is 1. The molecule has 10 heteroatoms. The Labute approximate surface area is 221 Å². The van der Waals surface area contributed by atoms with Crippen LogP contribution in [0.1, 0.15) is 19.8 Å². The molecule has 7 nitrogen and oxygen atoms in total. The van der Waals surface area contributed by atoms with Gasteiger partial charge in [0.2, 0.25) is 15.9 Å². The number of ether oxygens (including phenoxy) is 2. The van der Waals surface area contributed by atoms with Crippen LogP contribution in [0.3, 0.4) is 0 Å². The van der Waals surface area contributed by atoms with Gasteiger partial charge in [0, 0.05) is 18.1 Å². The van der Waals surface area contributed by atoms with Gasteiger partial charge >= 0.3 is 0 Å². The number of hydrogen-bond acceptors (Lipinski definition) is 5. The fourth-order valence-electron chi connectivity index (χ4n) is 3.98. The van der Waals surface area contributed by atoms with Gasteiger partial charge in [0.25, 0.3) is 0 Å². The predicted octanol–water partition coefficient (Wildman–Crippen LogP) is 6.22. The molecule has 0 radical (unpaired) electrons. The molecule has 1 aliphatic heterocycles. The second-order valence-electron chi connectivity index (χ2n) is 8.27. The van der Waals surface area contributed by atoms with Crippen LogP contribution in [0.4, 0.5) is 5.69 Å². The smallest absolute Gasteiger partial charge is 0.243 e. The van der Waals surface area contributed by atoms with Crippen LogP contribution >= 0.6 is 23.2 Å². The van der Waals surface area contributed by atoms with Crippen LogP contribution in [0.2, 0.25) is 10.0 Å². The third-order valence-corrected chi connectivity index (χ3v) is 8.16. The van der Waals surface area contributed by atoms with Gasteiger partial charge in [0.05, 0.1) is 28.1 Å². The summed E-state index contributed by atoms with van der Waals surface area (Å²) in [6.45, 7) is 2.60. The van der Waals surface area contributed by atoms with E-state index in [-0.39, 0.29) is 22.4 Å². The van der Waals surface area contributed by atoms with E-state index in [1.807, 2.05) is 25.1 Å². The van der Waals surface area contributed by atoms with Crippen molar-refractivity contribution in [1.82, 2.24) is 4.31 Å². The summed E-state index contributed by atoms with van der Waals surface area (Å²) in [7, 11) is -3.84. The summed E-state index contributed by atoms with van der Waals surface area (Å²) in [5.74, 6) is 0.613. The molecule has 1 aliphatic rings. The number of nitrogens with zero attached hydrogens (tertiary/aromatic N) is 1. The summed E-state index contributed by atoms with van der Waals surface area (Å²) in [6.07, 6.45) is 1.10. The molecule has 1 saturated heterocycles. The minimum Gasteiger partial charge on any atom is -0.492 e. The quantitative estimate of drug-likeness (QED) is 0.361. The van der Waals surface area contributed by atoms with Crippen molar-refractivity contribution in [3.63, 3.8) is 0 Å². The van der Waals surface area contributed by atoms with E-state index >= 15 is 0 Å². The molecule has 4 rings (SSSR count). The van der Waals surface area contributed by atoms with Crippen molar-refractivity contribution in [1.29, 1.82) is 0 Å². The van der Waals surface area contributed by atoms with E-state index in [0.29, 0.717) is 54.0 Å². The summed E-state index contributed by atoms with van der Waals surface area (Å²) >= 11 is 12.4. The first-order valence-corrected chi connectivity index (χ1v) is 13.7. The number of amides is 1. The lowest BCUT2D eigenvalue weighted by Crippen LogP contribution is -2.43. The van der Waals surface area contributed by atoms with Gasteiger partial charge in [-0.05, 0) is 68.3 Å². The van der Waals surface area contributed by atoms with Crippen LogP contribution < -0.4 is 14.8 Å². The zero-order valence-electron chi connectivity index (χ0n) is 19.6. The molecule has 0 saturated carbocycles. The Morgan fingerprint density at radius 3 is 2.53 bits per heavy atom. The number of anilines is 1. The number of carbonyl (C=O) groups is 1. The average Bonchev–Trinajstić information content (AvgIpc) is 2.87. The molecule has 0 spiro atoms. The van der Waals surface area contributed by atoms with Gasteiger partial charge in [-0.2, -0.15) is 4.31 Å². The van der Waals surface area contributed by atoms with E-state index in [0.717, 1.165) is 0 Å². The lowest BCUT2D eigenvalue weighted by molar-refractivity contribution is -0.120. The molecule has 1 N–H and O–H groups in total. The maximum absolute atomic E-state index is 13.3. The fourth-order valence-corrected chi connectivity index (χ4v) is 6.00. The summed E-state index contributed by atoms with van der Waals surface area (Å²) in [6, 6.07) is 18.5. The highest BCUT2D eigenvalue weighted by Crippen LogP contribution is 2.34. The van der Waals surface area contributed by atoms with Gasteiger partial charge in [-0.1, -0.05) is 41.4 Å². The molecule has 190 valence electrons. The molecule has 0 unspecified atom stereocenters. The lowest BCUT2D eigenvalue weighted by atomic mass is 9.98. The third-order valence-electron chi connectivity index (χ3n) is 5.77. The molecule has 3 aromatic carbocycles. The van der Waals surface area contributed by atoms with Crippen LogP contribution in [0.5, 0.6) is 17.2 Å². The molecule has 0 bridgehead atoms. The van der Waals surface area contributed by atoms with E-state index < -0.39 is 15.9 Å². The second kappa shape index (κ2) is 11.5. The monoisotopic (exact) mass is 548 g/mol. The Balaban J connectivity index is 1.49. The Bertz CT molecular complexity index is 1340. The van der Waals surface area contributed by atoms with Crippen molar-refractivity contribution in [2.45, 2.75) is 24.7 Å². The highest BCUT2D eigenvalue weighted by atomic mass is 35.5. The Morgan fingerprint density at radius 1 is 1.06 bits per heavy atom. The van der Waals surface area contributed by atoms with Crippen molar-refractivity contribution >= 4 is 44.8 Å². The highest BCUT2D eigenvalue weighted by molar-refractivity contribution is 7.89. The number of para-hydroxylation sites is 1. The number of carbonyl (C=O) groups excluding carboxylic acids is 1. The average molecular weight is 549 g/mol. The maximum Gasteiger partial charge on any atom is 0.243 e. The Hall–Kier alpha value is -2.78. The van der Waals surface area contributed by atoms with Crippen LogP contribution in [-0.4, -0.2) is 38.3 Å². The van der Waals surface area contributed by atoms with Gasteiger partial charge in [0.15, 0.2) is 5.75 Å². The van der Waals surface area contributed by atoms with Crippen LogP contribution in [0.25, 0.3) is 0 Å². The standard InChI is InChI=1S/C26H26Cl2N2O5S/c1-2-34-24-13-11-21(16-22(24)28)36(32,33)30-14-6-7-18(17-30)26(31)29-23-15-19(27)10-12-25(23)35-20-8-4-3-5-9-20/h3-5,8-13,15-16,18H,2,6-7,14,17H2,1H3,(H,29,31)/t18-/m0/s1. The number of hydrogen-bond donors (Lipinski definition) is 1. The van der Waals surface area contributed by atoms with Gasteiger partial charge in [-0.15, -0.1) is 0 Å². The molecule has 3 aromatic rings. The number of halogens is 2. The molecule has 36 heavy (non-hydrogen) atoms. The molecule has 1 amide bonds. The van der Waals surface area contributed by atoms with Crippen LogP contribution in [-0.2, 0) is 14.8 Å². The molecular formula is C26H26Cl2N2O5S. The zero-order chi connectivity index (χ0) is 25.7.